The van der Waals surface area contributed by atoms with Crippen molar-refractivity contribution >= 4 is 17.3 Å². The molecule has 3 aliphatic heterocycles. The van der Waals surface area contributed by atoms with Crippen LogP contribution in [0.4, 0.5) is 5.69 Å². The maximum absolute atomic E-state index is 6.42. The number of para-hydroxylation sites is 1. The molecule has 6 heteroatoms. The lowest BCUT2D eigenvalue weighted by Gasteiger charge is -2.29. The zero-order chi connectivity index (χ0) is 17.5. The van der Waals surface area contributed by atoms with Crippen LogP contribution in [-0.2, 0) is 4.84 Å². The first-order valence-corrected chi connectivity index (χ1v) is 9.61. The topological polar surface area (TPSA) is 37.0 Å². The molecule has 26 heavy (non-hydrogen) atoms. The maximum atomic E-state index is 6.42. The number of piperazine rings is 1. The Morgan fingerprint density at radius 1 is 1.08 bits per heavy atom. The fourth-order valence-corrected chi connectivity index (χ4v) is 4.27. The molecule has 3 heterocycles. The van der Waals surface area contributed by atoms with Gasteiger partial charge in [-0.2, -0.15) is 0 Å². The highest BCUT2D eigenvalue weighted by molar-refractivity contribution is 6.30. The van der Waals surface area contributed by atoms with Crippen LogP contribution < -0.4 is 15.1 Å². The first-order chi connectivity index (χ1) is 12.8. The van der Waals surface area contributed by atoms with Crippen LogP contribution >= 0.6 is 11.6 Å². The number of ether oxygens (including phenoxy) is 1. The molecule has 0 saturated carbocycles. The molecule has 0 amide bonds. The van der Waals surface area contributed by atoms with Gasteiger partial charge in [0.15, 0.2) is 5.75 Å². The minimum Gasteiger partial charge on any atom is -0.455 e. The Balaban J connectivity index is 1.48. The monoisotopic (exact) mass is 371 g/mol. The summed E-state index contributed by atoms with van der Waals surface area (Å²) in [5.74, 6) is 1.68. The molecule has 2 fully saturated rings. The molecule has 0 spiro atoms. The van der Waals surface area contributed by atoms with E-state index in [1.807, 2.05) is 35.4 Å². The molecule has 1 N–H and O–H groups in total. The second-order valence-corrected chi connectivity index (χ2v) is 7.54. The van der Waals surface area contributed by atoms with E-state index in [1.165, 1.54) is 5.56 Å². The van der Waals surface area contributed by atoms with E-state index in [4.69, 9.17) is 21.2 Å². The van der Waals surface area contributed by atoms with E-state index in [-0.39, 0.29) is 12.1 Å². The fourth-order valence-electron chi connectivity index (χ4n) is 4.11. The average molecular weight is 372 g/mol. The predicted molar refractivity (Wildman–Crippen MR) is 102 cm³/mol. The lowest BCUT2D eigenvalue weighted by Crippen LogP contribution is -2.46. The minimum absolute atomic E-state index is 0.138. The predicted octanol–water partition coefficient (Wildman–Crippen LogP) is 3.60. The number of hydrogen-bond donors (Lipinski definition) is 1. The zero-order valence-electron chi connectivity index (χ0n) is 14.5. The summed E-state index contributed by atoms with van der Waals surface area (Å²) in [5.41, 5.74) is 2.07. The van der Waals surface area contributed by atoms with Crippen LogP contribution in [0.5, 0.6) is 11.5 Å². The Morgan fingerprint density at radius 3 is 2.81 bits per heavy atom. The molecule has 2 aromatic carbocycles. The standard InChI is InChI=1S/C20H22ClN3O2/c21-14-5-6-20-18(11-14)24-17(16-3-1-2-4-19(16)25-20)12-15(26-24)13-23-9-7-22-8-10-23/h1-6,11,15,17,22H,7-10,12-13H2/t15-,17-/m0/s1. The highest BCUT2D eigenvalue weighted by Gasteiger charge is 2.40. The number of nitrogens with one attached hydrogen (secondary N) is 1. The second kappa shape index (κ2) is 6.74. The van der Waals surface area contributed by atoms with Gasteiger partial charge in [-0.15, -0.1) is 0 Å². The van der Waals surface area contributed by atoms with Crippen LogP contribution in [0.25, 0.3) is 0 Å². The molecule has 0 bridgehead atoms. The van der Waals surface area contributed by atoms with Gasteiger partial charge in [-0.1, -0.05) is 29.8 Å². The largest absolute Gasteiger partial charge is 0.455 e. The van der Waals surface area contributed by atoms with Crippen LogP contribution in [0.2, 0.25) is 5.02 Å². The smallest absolute Gasteiger partial charge is 0.153 e. The van der Waals surface area contributed by atoms with Gasteiger partial charge in [0.2, 0.25) is 0 Å². The molecular weight excluding hydrogens is 350 g/mol. The highest BCUT2D eigenvalue weighted by atomic mass is 35.5. The van der Waals surface area contributed by atoms with E-state index in [9.17, 15) is 0 Å². The Bertz CT molecular complexity index is 809. The highest BCUT2D eigenvalue weighted by Crippen LogP contribution is 2.49. The number of hydroxylamine groups is 1. The van der Waals surface area contributed by atoms with Crippen molar-refractivity contribution in [2.45, 2.75) is 18.6 Å². The van der Waals surface area contributed by atoms with Gasteiger partial charge >= 0.3 is 0 Å². The molecule has 136 valence electrons. The normalized spacial score (nSPS) is 25.0. The van der Waals surface area contributed by atoms with Gasteiger partial charge in [-0.3, -0.25) is 9.74 Å². The molecule has 5 nitrogen and oxygen atoms in total. The third-order valence-corrected chi connectivity index (χ3v) is 5.59. The Labute approximate surface area is 158 Å². The first-order valence-electron chi connectivity index (χ1n) is 9.23. The molecule has 0 aliphatic carbocycles. The number of hydrogen-bond acceptors (Lipinski definition) is 5. The van der Waals surface area contributed by atoms with Crippen LogP contribution in [-0.4, -0.2) is 43.7 Å². The molecule has 0 aromatic heterocycles. The molecule has 2 atom stereocenters. The van der Waals surface area contributed by atoms with Crippen molar-refractivity contribution in [3.05, 3.63) is 53.1 Å². The lowest BCUT2D eigenvalue weighted by atomic mass is 10.00. The first kappa shape index (κ1) is 16.4. The van der Waals surface area contributed by atoms with E-state index in [0.29, 0.717) is 5.02 Å². The molecular formula is C20H22ClN3O2. The molecule has 0 radical (unpaired) electrons. The van der Waals surface area contributed by atoms with E-state index >= 15 is 0 Å². The Kier molecular flexibility index (Phi) is 4.25. The van der Waals surface area contributed by atoms with Crippen LogP contribution in [0, 0.1) is 0 Å². The number of halogens is 1. The number of anilines is 1. The quantitative estimate of drug-likeness (QED) is 0.872. The zero-order valence-corrected chi connectivity index (χ0v) is 15.3. The van der Waals surface area contributed by atoms with E-state index < -0.39 is 0 Å². The van der Waals surface area contributed by atoms with Crippen molar-refractivity contribution in [3.63, 3.8) is 0 Å². The SMILES string of the molecule is Clc1ccc2c(c1)N1O[C@H](CN3CCNCC3)C[C@H]1c1ccccc1O2. The molecule has 2 saturated heterocycles. The van der Waals surface area contributed by atoms with Gasteiger partial charge in [0.25, 0.3) is 0 Å². The third-order valence-electron chi connectivity index (χ3n) is 5.36. The number of fused-ring (bicyclic) bond motifs is 5. The van der Waals surface area contributed by atoms with Crippen molar-refractivity contribution in [1.29, 1.82) is 0 Å². The van der Waals surface area contributed by atoms with E-state index in [1.54, 1.807) is 0 Å². The maximum Gasteiger partial charge on any atom is 0.153 e. The summed E-state index contributed by atoms with van der Waals surface area (Å²) in [4.78, 5) is 8.90. The van der Waals surface area contributed by atoms with E-state index in [2.05, 4.69) is 22.3 Å². The van der Waals surface area contributed by atoms with Gasteiger partial charge in [0, 0.05) is 49.7 Å². The number of nitrogens with zero attached hydrogens (tertiary/aromatic N) is 2. The van der Waals surface area contributed by atoms with Crippen molar-refractivity contribution in [2.24, 2.45) is 0 Å². The van der Waals surface area contributed by atoms with Crippen LogP contribution in [0.15, 0.2) is 42.5 Å². The summed E-state index contributed by atoms with van der Waals surface area (Å²) in [5, 5.41) is 6.11. The van der Waals surface area contributed by atoms with Gasteiger partial charge in [-0.05, 0) is 24.3 Å². The summed E-state index contributed by atoms with van der Waals surface area (Å²) in [7, 11) is 0. The summed E-state index contributed by atoms with van der Waals surface area (Å²) >= 11 is 6.27. The number of benzene rings is 2. The van der Waals surface area contributed by atoms with E-state index in [0.717, 1.165) is 56.3 Å². The lowest BCUT2D eigenvalue weighted by molar-refractivity contribution is 0.0502. The minimum atomic E-state index is 0.138. The summed E-state index contributed by atoms with van der Waals surface area (Å²) in [6.45, 7) is 5.21. The van der Waals surface area contributed by atoms with Crippen molar-refractivity contribution < 1.29 is 9.57 Å². The molecule has 2 aromatic rings. The summed E-state index contributed by atoms with van der Waals surface area (Å²) in [6.07, 6.45) is 1.10. The van der Waals surface area contributed by atoms with Gasteiger partial charge in [-0.25, -0.2) is 5.06 Å². The second-order valence-electron chi connectivity index (χ2n) is 7.11. The Hall–Kier alpha value is -1.79. The van der Waals surface area contributed by atoms with Gasteiger partial charge in [0.1, 0.15) is 17.5 Å². The van der Waals surface area contributed by atoms with Gasteiger partial charge < -0.3 is 10.1 Å². The van der Waals surface area contributed by atoms with Crippen molar-refractivity contribution in [1.82, 2.24) is 10.2 Å². The van der Waals surface area contributed by atoms with Gasteiger partial charge in [0.05, 0.1) is 6.04 Å². The molecule has 5 rings (SSSR count). The Morgan fingerprint density at radius 2 is 1.92 bits per heavy atom. The van der Waals surface area contributed by atoms with Crippen LogP contribution in [0.3, 0.4) is 0 Å². The summed E-state index contributed by atoms with van der Waals surface area (Å²) < 4.78 is 6.18. The molecule has 3 aliphatic rings. The average Bonchev–Trinajstić information content (AvgIpc) is 3.03. The summed E-state index contributed by atoms with van der Waals surface area (Å²) in [6, 6.07) is 14.1. The third kappa shape index (κ3) is 2.95. The van der Waals surface area contributed by atoms with Crippen molar-refractivity contribution in [2.75, 3.05) is 37.8 Å². The molecule has 0 unspecified atom stereocenters. The van der Waals surface area contributed by atoms with Crippen molar-refractivity contribution in [3.8, 4) is 11.5 Å². The fraction of sp³-hybridized carbons (Fsp3) is 0.400. The van der Waals surface area contributed by atoms with Crippen LogP contribution in [0.1, 0.15) is 18.0 Å². The number of rotatable bonds is 2.